The Kier molecular flexibility index (Phi) is 4.23. The Morgan fingerprint density at radius 1 is 1.17 bits per heavy atom. The molecular formula is C15H23FN2. The molecule has 1 aliphatic rings. The second kappa shape index (κ2) is 5.70. The maximum atomic E-state index is 14.1. The fourth-order valence-electron chi connectivity index (χ4n) is 2.55. The number of hydrogen-bond donors (Lipinski definition) is 0. The number of nitrogens with zero attached hydrogens (tertiary/aromatic N) is 2. The van der Waals surface area contributed by atoms with Gasteiger partial charge in [0.25, 0.3) is 0 Å². The molecule has 1 fully saturated rings. The fourth-order valence-corrected chi connectivity index (χ4v) is 2.55. The van der Waals surface area contributed by atoms with Crippen LogP contribution in [0.15, 0.2) is 18.2 Å². The van der Waals surface area contributed by atoms with Crippen LogP contribution in [0.5, 0.6) is 0 Å². The lowest BCUT2D eigenvalue weighted by atomic mass is 10.00. The molecule has 0 spiro atoms. The van der Waals surface area contributed by atoms with Crippen LogP contribution in [0.3, 0.4) is 0 Å². The molecule has 100 valence electrons. The molecule has 18 heavy (non-hydrogen) atoms. The SMILES string of the molecule is CC(C)Cc1cccc(F)c1N1CCN(C)CC1. The van der Waals surface area contributed by atoms with Crippen molar-refractivity contribution in [1.82, 2.24) is 4.90 Å². The minimum absolute atomic E-state index is 0.0716. The van der Waals surface area contributed by atoms with Gasteiger partial charge in [0, 0.05) is 26.2 Å². The maximum absolute atomic E-state index is 14.1. The second-order valence-electron chi connectivity index (χ2n) is 5.64. The van der Waals surface area contributed by atoms with Crippen molar-refractivity contribution in [3.63, 3.8) is 0 Å². The van der Waals surface area contributed by atoms with Crippen molar-refractivity contribution in [3.05, 3.63) is 29.6 Å². The zero-order valence-corrected chi connectivity index (χ0v) is 11.6. The number of benzene rings is 1. The number of likely N-dealkylation sites (N-methyl/N-ethyl adjacent to an activating group) is 1. The predicted octanol–water partition coefficient (Wildman–Crippen LogP) is 2.78. The van der Waals surface area contributed by atoms with Crippen LogP contribution in [-0.4, -0.2) is 38.1 Å². The molecule has 0 amide bonds. The summed E-state index contributed by atoms with van der Waals surface area (Å²) in [5.74, 6) is 0.482. The molecule has 1 saturated heterocycles. The first-order valence-electron chi connectivity index (χ1n) is 6.79. The molecule has 0 radical (unpaired) electrons. The van der Waals surface area contributed by atoms with Crippen LogP contribution < -0.4 is 4.90 Å². The average molecular weight is 250 g/mol. The summed E-state index contributed by atoms with van der Waals surface area (Å²) in [6.07, 6.45) is 0.944. The number of para-hydroxylation sites is 1. The topological polar surface area (TPSA) is 6.48 Å². The van der Waals surface area contributed by atoms with Gasteiger partial charge < -0.3 is 9.80 Å². The summed E-state index contributed by atoms with van der Waals surface area (Å²) in [4.78, 5) is 4.49. The molecule has 2 rings (SSSR count). The van der Waals surface area contributed by atoms with Crippen molar-refractivity contribution in [3.8, 4) is 0 Å². The first-order chi connectivity index (χ1) is 8.58. The Hall–Kier alpha value is -1.09. The molecule has 3 heteroatoms. The van der Waals surface area contributed by atoms with Crippen LogP contribution in [0, 0.1) is 11.7 Å². The highest BCUT2D eigenvalue weighted by Crippen LogP contribution is 2.27. The zero-order valence-electron chi connectivity index (χ0n) is 11.6. The average Bonchev–Trinajstić information content (AvgIpc) is 2.30. The Bertz CT molecular complexity index is 395. The van der Waals surface area contributed by atoms with Crippen LogP contribution in [0.1, 0.15) is 19.4 Å². The van der Waals surface area contributed by atoms with Gasteiger partial charge in [0.1, 0.15) is 5.82 Å². The van der Waals surface area contributed by atoms with Gasteiger partial charge in [-0.3, -0.25) is 0 Å². The van der Waals surface area contributed by atoms with Crippen molar-refractivity contribution in [2.75, 3.05) is 38.1 Å². The van der Waals surface area contributed by atoms with Gasteiger partial charge in [0.15, 0.2) is 0 Å². The maximum Gasteiger partial charge on any atom is 0.146 e. The van der Waals surface area contributed by atoms with Crippen molar-refractivity contribution in [2.45, 2.75) is 20.3 Å². The normalized spacial score (nSPS) is 17.5. The predicted molar refractivity (Wildman–Crippen MR) is 74.7 cm³/mol. The summed E-state index contributed by atoms with van der Waals surface area (Å²) >= 11 is 0. The molecule has 2 nitrogen and oxygen atoms in total. The lowest BCUT2D eigenvalue weighted by Crippen LogP contribution is -2.45. The smallest absolute Gasteiger partial charge is 0.146 e. The van der Waals surface area contributed by atoms with Gasteiger partial charge in [-0.1, -0.05) is 26.0 Å². The summed E-state index contributed by atoms with van der Waals surface area (Å²) in [7, 11) is 2.12. The number of hydrogen-bond acceptors (Lipinski definition) is 2. The largest absolute Gasteiger partial charge is 0.366 e. The molecule has 1 aliphatic heterocycles. The minimum Gasteiger partial charge on any atom is -0.366 e. The van der Waals surface area contributed by atoms with Gasteiger partial charge in [-0.05, 0) is 31.0 Å². The highest BCUT2D eigenvalue weighted by molar-refractivity contribution is 5.55. The number of halogens is 1. The molecule has 1 aromatic rings. The van der Waals surface area contributed by atoms with E-state index in [4.69, 9.17) is 0 Å². The van der Waals surface area contributed by atoms with Crippen LogP contribution in [-0.2, 0) is 6.42 Å². The van der Waals surface area contributed by atoms with E-state index in [2.05, 4.69) is 36.8 Å². The minimum atomic E-state index is -0.0716. The lowest BCUT2D eigenvalue weighted by molar-refractivity contribution is 0.311. The van der Waals surface area contributed by atoms with Crippen molar-refractivity contribution in [1.29, 1.82) is 0 Å². The third-order valence-corrected chi connectivity index (χ3v) is 3.52. The lowest BCUT2D eigenvalue weighted by Gasteiger charge is -2.35. The Morgan fingerprint density at radius 2 is 1.83 bits per heavy atom. The van der Waals surface area contributed by atoms with Gasteiger partial charge in [0.2, 0.25) is 0 Å². The van der Waals surface area contributed by atoms with E-state index in [1.54, 1.807) is 6.07 Å². The van der Waals surface area contributed by atoms with E-state index in [1.807, 2.05) is 6.07 Å². The van der Waals surface area contributed by atoms with Gasteiger partial charge in [-0.2, -0.15) is 0 Å². The molecule has 0 unspecified atom stereocenters. The van der Waals surface area contributed by atoms with Crippen LogP contribution >= 0.6 is 0 Å². The first-order valence-corrected chi connectivity index (χ1v) is 6.79. The zero-order chi connectivity index (χ0) is 13.1. The molecule has 0 aliphatic carbocycles. The highest BCUT2D eigenvalue weighted by Gasteiger charge is 2.20. The standard InChI is InChI=1S/C15H23FN2/c1-12(2)11-13-5-4-6-14(16)15(13)18-9-7-17(3)8-10-18/h4-6,12H,7-11H2,1-3H3. The monoisotopic (exact) mass is 250 g/mol. The van der Waals surface area contributed by atoms with Crippen molar-refractivity contribution in [2.24, 2.45) is 5.92 Å². The van der Waals surface area contributed by atoms with Gasteiger partial charge in [-0.15, -0.1) is 0 Å². The molecule has 0 atom stereocenters. The van der Waals surface area contributed by atoms with E-state index in [0.717, 1.165) is 43.9 Å². The molecular weight excluding hydrogens is 227 g/mol. The number of piperazine rings is 1. The Labute approximate surface area is 109 Å². The van der Waals surface area contributed by atoms with E-state index >= 15 is 0 Å². The van der Waals surface area contributed by atoms with Crippen LogP contribution in [0.4, 0.5) is 10.1 Å². The van der Waals surface area contributed by atoms with Gasteiger partial charge in [0.05, 0.1) is 5.69 Å². The van der Waals surface area contributed by atoms with Crippen LogP contribution in [0.2, 0.25) is 0 Å². The summed E-state index contributed by atoms with van der Waals surface area (Å²) in [6.45, 7) is 8.22. The second-order valence-corrected chi connectivity index (χ2v) is 5.64. The molecule has 0 aromatic heterocycles. The molecule has 1 heterocycles. The van der Waals surface area contributed by atoms with E-state index < -0.39 is 0 Å². The van der Waals surface area contributed by atoms with Crippen LogP contribution in [0.25, 0.3) is 0 Å². The molecule has 0 bridgehead atoms. The van der Waals surface area contributed by atoms with Gasteiger partial charge >= 0.3 is 0 Å². The molecule has 1 aromatic carbocycles. The van der Waals surface area contributed by atoms with E-state index in [9.17, 15) is 4.39 Å². The summed E-state index contributed by atoms with van der Waals surface area (Å²) in [5.41, 5.74) is 1.98. The number of anilines is 1. The summed E-state index contributed by atoms with van der Waals surface area (Å²) in [6, 6.07) is 5.47. The van der Waals surface area contributed by atoms with E-state index in [1.165, 1.54) is 0 Å². The quantitative estimate of drug-likeness (QED) is 0.814. The summed E-state index contributed by atoms with van der Waals surface area (Å²) < 4.78 is 14.1. The van der Waals surface area contributed by atoms with Crippen molar-refractivity contribution < 1.29 is 4.39 Å². The number of rotatable bonds is 3. The Balaban J connectivity index is 2.24. The van der Waals surface area contributed by atoms with E-state index in [-0.39, 0.29) is 5.82 Å². The fraction of sp³-hybridized carbons (Fsp3) is 0.600. The third-order valence-electron chi connectivity index (χ3n) is 3.52. The molecule has 0 saturated carbocycles. The van der Waals surface area contributed by atoms with Gasteiger partial charge in [-0.25, -0.2) is 4.39 Å². The highest BCUT2D eigenvalue weighted by atomic mass is 19.1. The molecule has 0 N–H and O–H groups in total. The Morgan fingerprint density at radius 3 is 2.44 bits per heavy atom. The van der Waals surface area contributed by atoms with Crippen molar-refractivity contribution >= 4 is 5.69 Å². The third kappa shape index (κ3) is 3.02. The van der Waals surface area contributed by atoms with E-state index in [0.29, 0.717) is 5.92 Å². The first kappa shape index (κ1) is 13.3. The summed E-state index contributed by atoms with van der Waals surface area (Å²) in [5, 5.41) is 0.